The maximum absolute atomic E-state index is 13.4. The van der Waals surface area contributed by atoms with Gasteiger partial charge in [0.2, 0.25) is 0 Å². The molecule has 0 saturated carbocycles. The molecule has 202 valence electrons. The highest BCUT2D eigenvalue weighted by molar-refractivity contribution is 6.02. The van der Waals surface area contributed by atoms with E-state index in [2.05, 4.69) is 45.8 Å². The molecule has 2 aliphatic heterocycles. The fourth-order valence-electron chi connectivity index (χ4n) is 6.35. The van der Waals surface area contributed by atoms with Crippen LogP contribution in [0.25, 0.3) is 0 Å². The number of carbonyl (C=O) groups excluding carboxylic acids is 1. The monoisotopic (exact) mass is 516 g/mol. The van der Waals surface area contributed by atoms with Crippen molar-refractivity contribution in [2.75, 3.05) is 30.4 Å². The van der Waals surface area contributed by atoms with Crippen LogP contribution in [0.15, 0.2) is 54.6 Å². The van der Waals surface area contributed by atoms with E-state index in [0.29, 0.717) is 42.0 Å². The number of aromatic nitrogens is 3. The maximum Gasteiger partial charge on any atom is 0.326 e. The van der Waals surface area contributed by atoms with Crippen LogP contribution in [0.4, 0.5) is 16.2 Å². The van der Waals surface area contributed by atoms with Crippen molar-refractivity contribution in [3.8, 4) is 5.75 Å². The summed E-state index contributed by atoms with van der Waals surface area (Å²) in [7, 11) is 1.62. The molecule has 2 atom stereocenters. The summed E-state index contributed by atoms with van der Waals surface area (Å²) in [6.45, 7) is 8.12. The number of carbonyl (C=O) groups is 1. The predicted molar refractivity (Wildman–Crippen MR) is 151 cm³/mol. The first-order chi connectivity index (χ1) is 18.5. The van der Waals surface area contributed by atoms with E-state index in [1.54, 1.807) is 7.11 Å². The zero-order chi connectivity index (χ0) is 26.6. The maximum atomic E-state index is 13.4. The van der Waals surface area contributed by atoms with Crippen molar-refractivity contribution in [2.45, 2.75) is 76.9 Å². The number of piperidine rings is 1. The highest BCUT2D eigenvalue weighted by Crippen LogP contribution is 2.42. The van der Waals surface area contributed by atoms with Crippen molar-refractivity contribution < 1.29 is 9.53 Å². The summed E-state index contributed by atoms with van der Waals surface area (Å²) < 4.78 is 7.85. The third-order valence-electron chi connectivity index (χ3n) is 8.09. The zero-order valence-electron chi connectivity index (χ0n) is 23.0. The van der Waals surface area contributed by atoms with Gasteiger partial charge in [-0.05, 0) is 63.3 Å². The Balaban J connectivity index is 1.24. The molecule has 1 N–H and O–H groups in total. The van der Waals surface area contributed by atoms with Crippen LogP contribution in [0.5, 0.6) is 5.75 Å². The van der Waals surface area contributed by atoms with Gasteiger partial charge in [0, 0.05) is 42.8 Å². The first kappa shape index (κ1) is 26.2. The van der Waals surface area contributed by atoms with Crippen LogP contribution in [0.2, 0.25) is 0 Å². The van der Waals surface area contributed by atoms with E-state index in [4.69, 9.17) is 4.74 Å². The predicted octanol–water partition coefficient (Wildman–Crippen LogP) is 6.02. The van der Waals surface area contributed by atoms with Crippen LogP contribution >= 0.6 is 0 Å². The molecule has 1 aromatic heterocycles. The molecule has 0 unspecified atom stereocenters. The second-order valence-electron chi connectivity index (χ2n) is 10.8. The molecule has 38 heavy (non-hydrogen) atoms. The normalized spacial score (nSPS) is 21.0. The third-order valence-corrected chi connectivity index (χ3v) is 8.09. The second kappa shape index (κ2) is 11.6. The number of benzene rings is 2. The molecule has 3 aromatic rings. The molecular weight excluding hydrogens is 476 g/mol. The number of urea groups is 1. The van der Waals surface area contributed by atoms with Gasteiger partial charge < -0.3 is 14.6 Å². The number of fused-ring (bicyclic) bond motifs is 2. The Morgan fingerprint density at radius 2 is 1.71 bits per heavy atom. The largest absolute Gasteiger partial charge is 0.495 e. The van der Waals surface area contributed by atoms with E-state index in [-0.39, 0.29) is 6.03 Å². The molecule has 8 nitrogen and oxygen atoms in total. The van der Waals surface area contributed by atoms with E-state index in [0.717, 1.165) is 43.1 Å². The lowest BCUT2D eigenvalue weighted by Crippen LogP contribution is -2.45. The average molecular weight is 517 g/mol. The minimum Gasteiger partial charge on any atom is -0.495 e. The van der Waals surface area contributed by atoms with E-state index >= 15 is 0 Å². The number of aryl methyl sites for hydroxylation is 1. The summed E-state index contributed by atoms with van der Waals surface area (Å²) in [5, 5.41) is 11.9. The summed E-state index contributed by atoms with van der Waals surface area (Å²) >= 11 is 0. The summed E-state index contributed by atoms with van der Waals surface area (Å²) in [4.78, 5) is 18.0. The standard InChI is InChI=1S/C30H40N6O2/c1-21(2)29-33-32-22(3)36(29)26-19-24-15-16-25(20-26)34(24)17-10-18-35(23-11-6-5-7-12-23)30(37)31-27-13-8-9-14-28(27)38-4/h5-9,11-14,21,24-26H,10,15-20H2,1-4H3,(H,31,37)/t24-,25-/m1/s1. The van der Waals surface area contributed by atoms with Gasteiger partial charge in [0.15, 0.2) is 0 Å². The van der Waals surface area contributed by atoms with Crippen LogP contribution in [0, 0.1) is 6.92 Å². The number of hydrogen-bond acceptors (Lipinski definition) is 5. The Bertz CT molecular complexity index is 1210. The Kier molecular flexibility index (Phi) is 7.98. The lowest BCUT2D eigenvalue weighted by Gasteiger charge is -2.40. The molecule has 0 spiro atoms. The number of nitrogens with one attached hydrogen (secondary N) is 1. The van der Waals surface area contributed by atoms with Crippen molar-refractivity contribution in [2.24, 2.45) is 0 Å². The lowest BCUT2D eigenvalue weighted by molar-refractivity contribution is 0.104. The lowest BCUT2D eigenvalue weighted by atomic mass is 9.96. The molecule has 5 rings (SSSR count). The quantitative estimate of drug-likeness (QED) is 0.377. The molecule has 2 aliphatic rings. The first-order valence-electron chi connectivity index (χ1n) is 13.9. The van der Waals surface area contributed by atoms with Gasteiger partial charge in [0.05, 0.1) is 12.8 Å². The van der Waals surface area contributed by atoms with Crippen molar-refractivity contribution in [1.29, 1.82) is 0 Å². The van der Waals surface area contributed by atoms with Crippen molar-refractivity contribution in [1.82, 2.24) is 19.7 Å². The van der Waals surface area contributed by atoms with Crippen LogP contribution in [0.3, 0.4) is 0 Å². The summed E-state index contributed by atoms with van der Waals surface area (Å²) in [5.74, 6) is 3.17. The van der Waals surface area contributed by atoms with Crippen LogP contribution < -0.4 is 15.0 Å². The molecule has 2 aromatic carbocycles. The van der Waals surface area contributed by atoms with Crippen LogP contribution in [0.1, 0.15) is 69.6 Å². The van der Waals surface area contributed by atoms with Crippen molar-refractivity contribution in [3.63, 3.8) is 0 Å². The number of rotatable bonds is 9. The van der Waals surface area contributed by atoms with Crippen molar-refractivity contribution in [3.05, 3.63) is 66.2 Å². The Morgan fingerprint density at radius 1 is 1.03 bits per heavy atom. The highest BCUT2D eigenvalue weighted by Gasteiger charge is 2.42. The molecule has 8 heteroatoms. The summed E-state index contributed by atoms with van der Waals surface area (Å²) in [6, 6.07) is 18.9. The van der Waals surface area contributed by atoms with Gasteiger partial charge in [-0.25, -0.2) is 4.79 Å². The smallest absolute Gasteiger partial charge is 0.326 e. The summed E-state index contributed by atoms with van der Waals surface area (Å²) in [6.07, 6.45) is 5.69. The van der Waals surface area contributed by atoms with E-state index in [1.165, 1.54) is 12.8 Å². The van der Waals surface area contributed by atoms with Gasteiger partial charge in [-0.1, -0.05) is 44.2 Å². The number of para-hydroxylation sites is 3. The Hall–Kier alpha value is -3.39. The zero-order valence-corrected chi connectivity index (χ0v) is 23.0. The van der Waals surface area contributed by atoms with Gasteiger partial charge in [-0.3, -0.25) is 9.80 Å². The molecule has 2 fully saturated rings. The van der Waals surface area contributed by atoms with Gasteiger partial charge in [0.25, 0.3) is 0 Å². The number of nitrogens with zero attached hydrogens (tertiary/aromatic N) is 5. The Labute approximate surface area is 226 Å². The SMILES string of the molecule is COc1ccccc1NC(=O)N(CCCN1[C@@H]2CC[C@@H]1CC(n1c(C)nnc1C(C)C)C2)c1ccccc1. The molecule has 2 saturated heterocycles. The topological polar surface area (TPSA) is 75.5 Å². The number of methoxy groups -OCH3 is 1. The molecule has 2 bridgehead atoms. The summed E-state index contributed by atoms with van der Waals surface area (Å²) in [5.41, 5.74) is 1.57. The molecule has 3 heterocycles. The Morgan fingerprint density at radius 3 is 2.39 bits per heavy atom. The minimum atomic E-state index is -0.147. The molecule has 0 radical (unpaired) electrons. The highest BCUT2D eigenvalue weighted by atomic mass is 16.5. The van der Waals surface area contributed by atoms with E-state index < -0.39 is 0 Å². The van der Waals surface area contributed by atoms with E-state index in [1.807, 2.05) is 59.5 Å². The van der Waals surface area contributed by atoms with Gasteiger partial charge in [-0.2, -0.15) is 0 Å². The molecule has 0 aliphatic carbocycles. The third kappa shape index (κ3) is 5.41. The van der Waals surface area contributed by atoms with Crippen LogP contribution in [-0.4, -0.2) is 58.0 Å². The van der Waals surface area contributed by atoms with Gasteiger partial charge in [-0.15, -0.1) is 10.2 Å². The van der Waals surface area contributed by atoms with Gasteiger partial charge >= 0.3 is 6.03 Å². The first-order valence-corrected chi connectivity index (χ1v) is 13.9. The fourth-order valence-corrected chi connectivity index (χ4v) is 6.35. The fraction of sp³-hybridized carbons (Fsp3) is 0.500. The van der Waals surface area contributed by atoms with Crippen LogP contribution in [-0.2, 0) is 0 Å². The van der Waals surface area contributed by atoms with Gasteiger partial charge in [0.1, 0.15) is 17.4 Å². The van der Waals surface area contributed by atoms with E-state index in [9.17, 15) is 4.79 Å². The number of hydrogen-bond donors (Lipinski definition) is 1. The van der Waals surface area contributed by atoms with Crippen molar-refractivity contribution >= 4 is 17.4 Å². The number of anilines is 2. The minimum absolute atomic E-state index is 0.147. The molecular formula is C30H40N6O2. The second-order valence-corrected chi connectivity index (χ2v) is 10.8. The number of ether oxygens (including phenoxy) is 1. The molecule has 2 amide bonds. The number of amides is 2. The average Bonchev–Trinajstić information content (AvgIpc) is 3.42.